The summed E-state index contributed by atoms with van der Waals surface area (Å²) in [6, 6.07) is 32.3. The van der Waals surface area contributed by atoms with Crippen LogP contribution < -0.4 is 15.6 Å². The molecule has 1 aliphatic heterocycles. The number of hydrogen-bond donors (Lipinski definition) is 3. The molecular formula is C41H34BrF6N3O4. The third kappa shape index (κ3) is 9.56. The molecule has 0 saturated carbocycles. The smallest absolute Gasteiger partial charge is 0.416 e. The number of rotatable bonds is 13. The second-order valence-corrected chi connectivity index (χ2v) is 13.7. The number of amides is 1. The maximum absolute atomic E-state index is 14.6. The average molecular weight is 827 g/mol. The Morgan fingerprint density at radius 3 is 1.98 bits per heavy atom. The van der Waals surface area contributed by atoms with Gasteiger partial charge in [0.15, 0.2) is 11.6 Å². The lowest BCUT2D eigenvalue weighted by atomic mass is 9.82. The highest BCUT2D eigenvalue weighted by Crippen LogP contribution is 2.43. The average Bonchev–Trinajstić information content (AvgIpc) is 3.56. The fourth-order valence-electron chi connectivity index (χ4n) is 6.13. The number of nitrogens with zero attached hydrogens (tertiary/aromatic N) is 1. The fraction of sp³-hybridized carbons (Fsp3) is 0.220. The molecule has 6 rings (SSSR count). The van der Waals surface area contributed by atoms with E-state index in [0.29, 0.717) is 47.6 Å². The number of hydrogen-bond acceptors (Lipinski definition) is 6. The number of carbonyl (C=O) groups excluding carboxylic acids is 1. The Bertz CT molecular complexity index is 2080. The molecule has 0 unspecified atom stereocenters. The van der Waals surface area contributed by atoms with Gasteiger partial charge in [-0.05, 0) is 82.4 Å². The van der Waals surface area contributed by atoms with Gasteiger partial charge in [0.05, 0.1) is 17.7 Å². The number of nitrogens with one attached hydrogen (secondary N) is 2. The molecule has 0 saturated heterocycles. The molecule has 0 aromatic heterocycles. The quantitative estimate of drug-likeness (QED) is 0.0626. The van der Waals surface area contributed by atoms with Crippen LogP contribution in [0.25, 0.3) is 11.1 Å². The Balaban J connectivity index is 1.38. The SMILES string of the molecule is O=C(NNCc1cc(C(F)(F)F)cc(C(F)(F)F)c1)[C@@]1(Cc2ccc(Br)cc2)N=C(c2ccc(OCCCO)cc2)O[C@H]1c1ccc(-c2ccccc2)cc1. The number of carbonyl (C=O) groups is 1. The highest BCUT2D eigenvalue weighted by Gasteiger charge is 2.53. The van der Waals surface area contributed by atoms with Crippen molar-refractivity contribution >= 4 is 27.7 Å². The van der Waals surface area contributed by atoms with Crippen LogP contribution in [0.4, 0.5) is 26.3 Å². The highest BCUT2D eigenvalue weighted by molar-refractivity contribution is 9.10. The Morgan fingerprint density at radius 1 is 0.782 bits per heavy atom. The molecule has 1 heterocycles. The number of aliphatic imine (C=N–C) groups is 1. The number of alkyl halides is 6. The molecule has 286 valence electrons. The summed E-state index contributed by atoms with van der Waals surface area (Å²) < 4.78 is 94.4. The van der Waals surface area contributed by atoms with E-state index in [9.17, 15) is 31.1 Å². The van der Waals surface area contributed by atoms with Crippen LogP contribution in [0.2, 0.25) is 0 Å². The molecular weight excluding hydrogens is 792 g/mol. The zero-order valence-electron chi connectivity index (χ0n) is 28.9. The van der Waals surface area contributed by atoms with E-state index < -0.39 is 47.6 Å². The zero-order chi connectivity index (χ0) is 39.2. The summed E-state index contributed by atoms with van der Waals surface area (Å²) in [6.07, 6.45) is -10.7. The lowest BCUT2D eigenvalue weighted by Gasteiger charge is -2.31. The minimum atomic E-state index is -5.03. The van der Waals surface area contributed by atoms with Crippen LogP contribution in [-0.4, -0.2) is 35.7 Å². The summed E-state index contributed by atoms with van der Waals surface area (Å²) in [5.74, 6) is -0.0799. The maximum Gasteiger partial charge on any atom is 0.416 e. The van der Waals surface area contributed by atoms with Gasteiger partial charge in [-0.15, -0.1) is 0 Å². The third-order valence-corrected chi connectivity index (χ3v) is 9.41. The molecule has 0 fully saturated rings. The summed E-state index contributed by atoms with van der Waals surface area (Å²) in [6.45, 7) is -0.295. The maximum atomic E-state index is 14.6. The second-order valence-electron chi connectivity index (χ2n) is 12.8. The molecule has 5 aromatic carbocycles. The monoisotopic (exact) mass is 825 g/mol. The normalized spacial score (nSPS) is 17.0. The predicted molar refractivity (Wildman–Crippen MR) is 198 cm³/mol. The van der Waals surface area contributed by atoms with E-state index in [1.165, 1.54) is 0 Å². The molecule has 0 radical (unpaired) electrons. The van der Waals surface area contributed by atoms with Crippen molar-refractivity contribution in [1.82, 2.24) is 10.9 Å². The summed E-state index contributed by atoms with van der Waals surface area (Å²) in [5.41, 5.74) is 3.70. The van der Waals surface area contributed by atoms with Gasteiger partial charge >= 0.3 is 12.4 Å². The van der Waals surface area contributed by atoms with Gasteiger partial charge in [0.25, 0.3) is 5.91 Å². The molecule has 2 atom stereocenters. The van der Waals surface area contributed by atoms with Gasteiger partial charge in [-0.2, -0.15) is 26.3 Å². The number of aliphatic hydroxyl groups excluding tert-OH is 1. The molecule has 14 heteroatoms. The number of benzene rings is 5. The van der Waals surface area contributed by atoms with Crippen molar-refractivity contribution in [1.29, 1.82) is 0 Å². The van der Waals surface area contributed by atoms with Gasteiger partial charge in [0.2, 0.25) is 5.90 Å². The van der Waals surface area contributed by atoms with Crippen LogP contribution >= 0.6 is 15.9 Å². The standard InChI is InChI=1S/C41H34BrF6N3O4/c42-34-15-7-26(8-16-34)24-39(38(53)51-49-25-27-21-32(40(43,44)45)23-33(22-27)41(46,47)48)36(30-11-9-29(10-12-30)28-5-2-1-3-6-28)55-37(50-39)31-13-17-35(18-14-31)54-20-4-19-52/h1-3,5-18,21-23,36,49,52H,4,19-20,24-25H2,(H,51,53)/t36-,39-/m0/s1. The molecule has 0 spiro atoms. The van der Waals surface area contributed by atoms with E-state index in [1.807, 2.05) is 54.6 Å². The first-order chi connectivity index (χ1) is 26.2. The van der Waals surface area contributed by atoms with Crippen LogP contribution in [0.15, 0.2) is 131 Å². The van der Waals surface area contributed by atoms with E-state index in [0.717, 1.165) is 15.6 Å². The largest absolute Gasteiger partial charge is 0.494 e. The van der Waals surface area contributed by atoms with Gasteiger partial charge in [0, 0.05) is 36.0 Å². The molecule has 0 aliphatic carbocycles. The third-order valence-electron chi connectivity index (χ3n) is 8.88. The van der Waals surface area contributed by atoms with Crippen LogP contribution in [-0.2, 0) is 34.8 Å². The van der Waals surface area contributed by atoms with Crippen molar-refractivity contribution in [3.8, 4) is 16.9 Å². The molecule has 55 heavy (non-hydrogen) atoms. The Kier molecular flexibility index (Phi) is 12.0. The van der Waals surface area contributed by atoms with Gasteiger partial charge in [-0.1, -0.05) is 82.7 Å². The molecule has 1 aliphatic rings. The van der Waals surface area contributed by atoms with Gasteiger partial charge in [-0.3, -0.25) is 10.2 Å². The topological polar surface area (TPSA) is 92.2 Å². The van der Waals surface area contributed by atoms with Crippen molar-refractivity contribution < 1.29 is 45.7 Å². The highest BCUT2D eigenvalue weighted by atomic mass is 79.9. The summed E-state index contributed by atoms with van der Waals surface area (Å²) in [4.78, 5) is 19.5. The van der Waals surface area contributed by atoms with Crippen molar-refractivity contribution in [2.45, 2.75) is 43.4 Å². The summed E-state index contributed by atoms with van der Waals surface area (Å²) in [7, 11) is 0. The second kappa shape index (κ2) is 16.7. The fourth-order valence-corrected chi connectivity index (χ4v) is 6.40. The van der Waals surface area contributed by atoms with Gasteiger partial charge in [-0.25, -0.2) is 10.4 Å². The molecule has 7 nitrogen and oxygen atoms in total. The first-order valence-electron chi connectivity index (χ1n) is 17.1. The minimum absolute atomic E-state index is 0.00741. The molecule has 5 aromatic rings. The molecule has 3 N–H and O–H groups in total. The van der Waals surface area contributed by atoms with E-state index in [2.05, 4.69) is 26.8 Å². The first kappa shape index (κ1) is 39.5. The van der Waals surface area contributed by atoms with Crippen LogP contribution in [0, 0.1) is 0 Å². The van der Waals surface area contributed by atoms with Crippen molar-refractivity contribution in [3.05, 3.63) is 159 Å². The lowest BCUT2D eigenvalue weighted by molar-refractivity contribution is -0.143. The number of aliphatic hydroxyl groups is 1. The Labute approximate surface area is 321 Å². The number of halogens is 7. The van der Waals surface area contributed by atoms with Crippen molar-refractivity contribution in [2.75, 3.05) is 13.2 Å². The Hall–Kier alpha value is -5.18. The van der Waals surface area contributed by atoms with E-state index in [1.54, 1.807) is 48.5 Å². The lowest BCUT2D eigenvalue weighted by Crippen LogP contribution is -2.53. The predicted octanol–water partition coefficient (Wildman–Crippen LogP) is 9.24. The van der Waals surface area contributed by atoms with Crippen molar-refractivity contribution in [3.63, 3.8) is 0 Å². The summed E-state index contributed by atoms with van der Waals surface area (Å²) in [5, 5.41) is 9.10. The molecule has 1 amide bonds. The summed E-state index contributed by atoms with van der Waals surface area (Å²) >= 11 is 3.43. The van der Waals surface area contributed by atoms with Crippen LogP contribution in [0.3, 0.4) is 0 Å². The van der Waals surface area contributed by atoms with Gasteiger partial charge in [0.1, 0.15) is 5.75 Å². The van der Waals surface area contributed by atoms with E-state index >= 15 is 0 Å². The van der Waals surface area contributed by atoms with Crippen LogP contribution in [0.1, 0.15) is 45.9 Å². The van der Waals surface area contributed by atoms with E-state index in [4.69, 9.17) is 19.6 Å². The Morgan fingerprint density at radius 2 is 1.38 bits per heavy atom. The van der Waals surface area contributed by atoms with E-state index in [-0.39, 0.29) is 30.6 Å². The zero-order valence-corrected chi connectivity index (χ0v) is 30.5. The molecule has 0 bridgehead atoms. The minimum Gasteiger partial charge on any atom is -0.494 e. The van der Waals surface area contributed by atoms with Crippen molar-refractivity contribution in [2.24, 2.45) is 4.99 Å². The van der Waals surface area contributed by atoms with Gasteiger partial charge < -0.3 is 14.6 Å². The first-order valence-corrected chi connectivity index (χ1v) is 17.9. The van der Waals surface area contributed by atoms with Crippen LogP contribution in [0.5, 0.6) is 5.75 Å². The number of hydrazine groups is 1. The number of ether oxygens (including phenoxy) is 2.